The zero-order chi connectivity index (χ0) is 24.8. The molecule has 1 aliphatic rings. The van der Waals surface area contributed by atoms with Crippen molar-refractivity contribution in [1.82, 2.24) is 10.6 Å². The van der Waals surface area contributed by atoms with Gasteiger partial charge in [0.15, 0.2) is 6.04 Å². The number of carboxylic acid groups (broad SMARTS) is 1. The van der Waals surface area contributed by atoms with Gasteiger partial charge in [-0.2, -0.15) is 0 Å². The van der Waals surface area contributed by atoms with Crippen LogP contribution in [-0.4, -0.2) is 55.0 Å². The lowest BCUT2D eigenvalue weighted by atomic mass is 9.97. The number of ether oxygens (including phenoxy) is 2. The Morgan fingerprint density at radius 1 is 0.941 bits per heavy atom. The molecule has 1 aliphatic carbocycles. The number of carbonyl (C=O) groups is 3. The van der Waals surface area contributed by atoms with Crippen LogP contribution in [0.25, 0.3) is 11.1 Å². The molecule has 0 saturated heterocycles. The first-order chi connectivity index (χ1) is 16.3. The smallest absolute Gasteiger partial charge is 0.407 e. The summed E-state index contributed by atoms with van der Waals surface area (Å²) in [6, 6.07) is 13.8. The van der Waals surface area contributed by atoms with Crippen molar-refractivity contribution in [3.8, 4) is 11.1 Å². The number of alkyl carbamates (subject to hydrolysis) is 1. The van der Waals surface area contributed by atoms with Crippen molar-refractivity contribution < 1.29 is 29.0 Å². The summed E-state index contributed by atoms with van der Waals surface area (Å²) < 4.78 is 10.6. The number of nitrogens with one attached hydrogen (secondary N) is 2. The van der Waals surface area contributed by atoms with Crippen LogP contribution in [0.1, 0.15) is 44.2 Å². The second-order valence-electron chi connectivity index (χ2n) is 8.60. The molecule has 0 fully saturated rings. The number of amides is 2. The quantitative estimate of drug-likeness (QED) is 0.491. The van der Waals surface area contributed by atoms with Crippen molar-refractivity contribution in [2.45, 2.75) is 51.3 Å². The van der Waals surface area contributed by atoms with Crippen molar-refractivity contribution >= 4 is 18.0 Å². The van der Waals surface area contributed by atoms with E-state index in [0.717, 1.165) is 22.3 Å². The Morgan fingerprint density at radius 2 is 1.50 bits per heavy atom. The second kappa shape index (κ2) is 11.2. The number of aliphatic carboxylic acids is 1. The van der Waals surface area contributed by atoms with Crippen molar-refractivity contribution in [3.63, 3.8) is 0 Å². The van der Waals surface area contributed by atoms with E-state index in [0.29, 0.717) is 6.42 Å². The van der Waals surface area contributed by atoms with Crippen LogP contribution in [0.4, 0.5) is 4.79 Å². The summed E-state index contributed by atoms with van der Waals surface area (Å²) in [5.74, 6) is -2.16. The van der Waals surface area contributed by atoms with Crippen molar-refractivity contribution in [1.29, 1.82) is 0 Å². The predicted octanol–water partition coefficient (Wildman–Crippen LogP) is 3.54. The molecule has 3 rings (SSSR count). The topological polar surface area (TPSA) is 114 Å². The first kappa shape index (κ1) is 25.2. The molecular weight excluding hydrogens is 436 g/mol. The molecule has 0 aliphatic heterocycles. The molecule has 2 amide bonds. The molecule has 0 saturated carbocycles. The van der Waals surface area contributed by atoms with Gasteiger partial charge in [-0.05, 0) is 35.1 Å². The number of carbonyl (C=O) groups excluding carboxylic acids is 2. The fourth-order valence-corrected chi connectivity index (χ4v) is 4.23. The largest absolute Gasteiger partial charge is 0.480 e. The molecule has 2 unspecified atom stereocenters. The Bertz CT molecular complexity index is 994. The number of benzene rings is 2. The fraction of sp³-hybridized carbons (Fsp3) is 0.423. The zero-order valence-electron chi connectivity index (χ0n) is 19.9. The molecule has 0 heterocycles. The summed E-state index contributed by atoms with van der Waals surface area (Å²) in [4.78, 5) is 37.2. The van der Waals surface area contributed by atoms with Gasteiger partial charge in [-0.25, -0.2) is 9.59 Å². The molecular formula is C26H32N2O6. The highest BCUT2D eigenvalue weighted by atomic mass is 16.5. The van der Waals surface area contributed by atoms with Gasteiger partial charge in [0.2, 0.25) is 5.91 Å². The molecule has 0 bridgehead atoms. The highest BCUT2D eigenvalue weighted by Crippen LogP contribution is 2.44. The zero-order valence-corrected chi connectivity index (χ0v) is 19.9. The van der Waals surface area contributed by atoms with Crippen LogP contribution >= 0.6 is 0 Å². The standard InChI is InChI=1S/C26H32N2O6/c1-5-15(2)22(24(29)27-23(25(30)31)16(3)33-4)28-26(32)34-14-21-19-12-8-6-10-17(19)18-11-7-9-13-20(18)21/h6-13,15-16,21-23H,5,14H2,1-4H3,(H,27,29)(H,28,32)(H,30,31)/t15?,16-,22?,23+/m1/s1. The predicted molar refractivity (Wildman–Crippen MR) is 127 cm³/mol. The lowest BCUT2D eigenvalue weighted by molar-refractivity contribution is -0.146. The van der Waals surface area contributed by atoms with Crippen molar-refractivity contribution in [2.24, 2.45) is 5.92 Å². The van der Waals surface area contributed by atoms with Gasteiger partial charge in [-0.1, -0.05) is 68.8 Å². The molecule has 34 heavy (non-hydrogen) atoms. The number of hydrogen-bond acceptors (Lipinski definition) is 5. The minimum atomic E-state index is -1.24. The van der Waals surface area contributed by atoms with Gasteiger partial charge >= 0.3 is 12.1 Å². The number of methoxy groups -OCH3 is 1. The SMILES string of the molecule is CCC(C)C(NC(=O)OCC1c2ccccc2-c2ccccc21)C(=O)N[C@H](C(=O)O)[C@@H](C)OC. The second-order valence-corrected chi connectivity index (χ2v) is 8.60. The third-order valence-corrected chi connectivity index (χ3v) is 6.52. The molecule has 3 N–H and O–H groups in total. The van der Waals surface area contributed by atoms with Gasteiger partial charge in [0.25, 0.3) is 0 Å². The summed E-state index contributed by atoms with van der Waals surface area (Å²) in [6.07, 6.45) is -0.873. The van der Waals surface area contributed by atoms with Gasteiger partial charge in [-0.3, -0.25) is 4.79 Å². The average Bonchev–Trinajstić information content (AvgIpc) is 3.17. The van der Waals surface area contributed by atoms with Gasteiger partial charge in [0.1, 0.15) is 12.6 Å². The van der Waals surface area contributed by atoms with Crippen LogP contribution in [0.2, 0.25) is 0 Å². The van der Waals surface area contributed by atoms with E-state index in [-0.39, 0.29) is 18.4 Å². The van der Waals surface area contributed by atoms with E-state index in [1.807, 2.05) is 50.2 Å². The number of rotatable bonds is 10. The van der Waals surface area contributed by atoms with E-state index in [4.69, 9.17) is 9.47 Å². The van der Waals surface area contributed by atoms with Crippen LogP contribution in [0.3, 0.4) is 0 Å². The van der Waals surface area contributed by atoms with Crippen LogP contribution in [0.5, 0.6) is 0 Å². The number of hydrogen-bond donors (Lipinski definition) is 3. The molecule has 0 radical (unpaired) electrons. The van der Waals surface area contributed by atoms with Crippen molar-refractivity contribution in [2.75, 3.05) is 13.7 Å². The molecule has 0 spiro atoms. The Labute approximate surface area is 199 Å². The van der Waals surface area contributed by atoms with Gasteiger partial charge in [0, 0.05) is 13.0 Å². The maximum Gasteiger partial charge on any atom is 0.407 e. The maximum absolute atomic E-state index is 12.9. The number of fused-ring (bicyclic) bond motifs is 3. The molecule has 0 aromatic heterocycles. The summed E-state index contributed by atoms with van der Waals surface area (Å²) in [5.41, 5.74) is 4.42. The highest BCUT2D eigenvalue weighted by molar-refractivity contribution is 5.89. The fourth-order valence-electron chi connectivity index (χ4n) is 4.23. The van der Waals surface area contributed by atoms with Crippen molar-refractivity contribution in [3.05, 3.63) is 59.7 Å². The molecule has 2 aromatic carbocycles. The molecule has 2 aromatic rings. The Morgan fingerprint density at radius 3 is 2.00 bits per heavy atom. The first-order valence-corrected chi connectivity index (χ1v) is 11.5. The van der Waals surface area contributed by atoms with Crippen LogP contribution < -0.4 is 10.6 Å². The van der Waals surface area contributed by atoms with Gasteiger partial charge in [0.05, 0.1) is 6.10 Å². The van der Waals surface area contributed by atoms with Crippen LogP contribution in [0.15, 0.2) is 48.5 Å². The maximum atomic E-state index is 12.9. The van der Waals surface area contributed by atoms with Gasteiger partial charge < -0.3 is 25.2 Å². The van der Waals surface area contributed by atoms with E-state index >= 15 is 0 Å². The van der Waals surface area contributed by atoms with Crippen LogP contribution in [0, 0.1) is 5.92 Å². The summed E-state index contributed by atoms with van der Waals surface area (Å²) in [6.45, 7) is 5.36. The van der Waals surface area contributed by atoms with E-state index in [1.54, 1.807) is 6.92 Å². The summed E-state index contributed by atoms with van der Waals surface area (Å²) >= 11 is 0. The average molecular weight is 469 g/mol. The van der Waals surface area contributed by atoms with E-state index in [1.165, 1.54) is 7.11 Å². The molecule has 4 atom stereocenters. The monoisotopic (exact) mass is 468 g/mol. The first-order valence-electron chi connectivity index (χ1n) is 11.5. The molecule has 182 valence electrons. The molecule has 8 heteroatoms. The Balaban J connectivity index is 1.69. The van der Waals surface area contributed by atoms with E-state index in [9.17, 15) is 19.5 Å². The van der Waals surface area contributed by atoms with E-state index in [2.05, 4.69) is 22.8 Å². The Kier molecular flexibility index (Phi) is 8.28. The lowest BCUT2D eigenvalue weighted by Crippen LogP contribution is -2.56. The number of carboxylic acids is 1. The Hall–Kier alpha value is -3.39. The van der Waals surface area contributed by atoms with Crippen LogP contribution in [-0.2, 0) is 19.1 Å². The summed E-state index contributed by atoms with van der Waals surface area (Å²) in [5, 5.41) is 14.6. The minimum Gasteiger partial charge on any atom is -0.480 e. The highest BCUT2D eigenvalue weighted by Gasteiger charge is 2.34. The minimum absolute atomic E-state index is 0.104. The normalized spacial score (nSPS) is 15.9. The lowest BCUT2D eigenvalue weighted by Gasteiger charge is -2.27. The summed E-state index contributed by atoms with van der Waals surface area (Å²) in [7, 11) is 1.37. The van der Waals surface area contributed by atoms with E-state index < -0.39 is 36.2 Å². The van der Waals surface area contributed by atoms with Gasteiger partial charge in [-0.15, -0.1) is 0 Å². The third-order valence-electron chi connectivity index (χ3n) is 6.52. The molecule has 8 nitrogen and oxygen atoms in total. The third kappa shape index (κ3) is 5.39.